The second-order valence-corrected chi connectivity index (χ2v) is 12.8. The van der Waals surface area contributed by atoms with Crippen molar-refractivity contribution >= 4 is 44.9 Å². The van der Waals surface area contributed by atoms with Crippen molar-refractivity contribution in [1.82, 2.24) is 18.9 Å². The van der Waals surface area contributed by atoms with E-state index in [4.69, 9.17) is 4.98 Å². The maximum atomic E-state index is 14.1. The number of hydrogen-bond acceptors (Lipinski definition) is 6. The maximum Gasteiger partial charge on any atom is 0.295 e. The van der Waals surface area contributed by atoms with Crippen molar-refractivity contribution in [3.63, 3.8) is 0 Å². The van der Waals surface area contributed by atoms with Gasteiger partial charge in [-0.05, 0) is 75.8 Å². The first-order valence-corrected chi connectivity index (χ1v) is 15.4. The van der Waals surface area contributed by atoms with Gasteiger partial charge in [0, 0.05) is 11.9 Å². The number of aryl methyl sites for hydroxylation is 3. The fourth-order valence-electron chi connectivity index (χ4n) is 5.44. The number of benzene rings is 2. The van der Waals surface area contributed by atoms with Crippen molar-refractivity contribution in [2.24, 2.45) is 7.05 Å². The number of thioether (sulfide) groups is 1. The lowest BCUT2D eigenvalue weighted by atomic mass is 9.97. The quantitative estimate of drug-likeness (QED) is 0.208. The summed E-state index contributed by atoms with van der Waals surface area (Å²) in [6.45, 7) is 5.54. The normalized spacial score (nSPS) is 13.8. The molecule has 10 heteroatoms. The van der Waals surface area contributed by atoms with Gasteiger partial charge in [0.2, 0.25) is 5.91 Å². The van der Waals surface area contributed by atoms with Crippen LogP contribution in [0.3, 0.4) is 0 Å². The molecule has 0 bridgehead atoms. The van der Waals surface area contributed by atoms with E-state index < -0.39 is 5.25 Å². The third kappa shape index (κ3) is 4.74. The molecule has 0 unspecified atom stereocenters. The number of anilines is 1. The van der Waals surface area contributed by atoms with Crippen molar-refractivity contribution in [1.29, 1.82) is 0 Å². The summed E-state index contributed by atoms with van der Waals surface area (Å²) in [6.07, 6.45) is 4.05. The highest BCUT2D eigenvalue weighted by Gasteiger charge is 2.27. The van der Waals surface area contributed by atoms with Gasteiger partial charge in [0.1, 0.15) is 10.5 Å². The molecule has 0 saturated heterocycles. The van der Waals surface area contributed by atoms with E-state index in [2.05, 4.69) is 5.32 Å². The smallest absolute Gasteiger partial charge is 0.295 e. The highest BCUT2D eigenvalue weighted by molar-refractivity contribution is 8.00. The molecular formula is C31H31N5O3S2. The number of carbonyl (C=O) groups excluding carboxylic acids is 1. The lowest BCUT2D eigenvalue weighted by Crippen LogP contribution is -2.29. The van der Waals surface area contributed by atoms with Crippen LogP contribution in [0.15, 0.2) is 69.3 Å². The predicted octanol–water partition coefficient (Wildman–Crippen LogP) is 5.55. The molecule has 8 nitrogen and oxygen atoms in total. The standard InChI is InChI=1S/C31H31N5O3S2/c1-18-12-8-10-16-23(18)35-29(38)25-22-15-9-11-17-24(22)41-28(25)33-31(35)40-20(3)27(37)32-26-19(2)34(4)36(30(26)39)21-13-6-5-7-14-21/h5-8,10,12-14,16,20H,9,11,15,17H2,1-4H3,(H,32,37)/t20-/m1/s1. The van der Waals surface area contributed by atoms with Gasteiger partial charge in [-0.25, -0.2) is 9.67 Å². The molecule has 6 rings (SSSR count). The number of rotatable bonds is 6. The van der Waals surface area contributed by atoms with Gasteiger partial charge >= 0.3 is 0 Å². The van der Waals surface area contributed by atoms with Crippen molar-refractivity contribution in [2.75, 3.05) is 5.32 Å². The van der Waals surface area contributed by atoms with Gasteiger partial charge in [0.05, 0.1) is 27.7 Å². The van der Waals surface area contributed by atoms with Crippen LogP contribution < -0.4 is 16.4 Å². The van der Waals surface area contributed by atoms with Crippen molar-refractivity contribution in [3.8, 4) is 11.4 Å². The van der Waals surface area contributed by atoms with Crippen molar-refractivity contribution in [3.05, 3.63) is 97.0 Å². The number of amides is 1. The topological polar surface area (TPSA) is 90.9 Å². The number of aromatic nitrogens is 4. The first kappa shape index (κ1) is 27.3. The molecule has 1 aliphatic rings. The van der Waals surface area contributed by atoms with Gasteiger partial charge < -0.3 is 5.32 Å². The van der Waals surface area contributed by atoms with Crippen LogP contribution in [0.1, 0.15) is 41.5 Å². The molecule has 1 atom stereocenters. The second-order valence-electron chi connectivity index (χ2n) is 10.4. The SMILES string of the molecule is Cc1ccccc1-n1c(S[C@H](C)C(=O)Nc2c(C)n(C)n(-c3ccccc3)c2=O)nc2sc3c(c2c1=O)CCCC3. The van der Waals surface area contributed by atoms with E-state index in [0.29, 0.717) is 21.9 Å². The minimum Gasteiger partial charge on any atom is -0.319 e. The average molecular weight is 586 g/mol. The minimum atomic E-state index is -0.631. The van der Waals surface area contributed by atoms with Crippen LogP contribution in [0, 0.1) is 13.8 Å². The van der Waals surface area contributed by atoms with Crippen LogP contribution in [-0.4, -0.2) is 30.1 Å². The molecule has 1 N–H and O–H groups in total. The Labute approximate surface area is 245 Å². The van der Waals surface area contributed by atoms with E-state index in [-0.39, 0.29) is 22.7 Å². The van der Waals surface area contributed by atoms with Crippen molar-refractivity contribution < 1.29 is 4.79 Å². The second kappa shape index (κ2) is 10.8. The molecule has 41 heavy (non-hydrogen) atoms. The molecule has 0 fully saturated rings. The van der Waals surface area contributed by atoms with E-state index >= 15 is 0 Å². The Kier molecular flexibility index (Phi) is 7.21. The zero-order valence-corrected chi connectivity index (χ0v) is 25.1. The molecule has 3 aromatic heterocycles. The number of carbonyl (C=O) groups is 1. The summed E-state index contributed by atoms with van der Waals surface area (Å²) in [5.74, 6) is -0.336. The third-order valence-electron chi connectivity index (χ3n) is 7.77. The Morgan fingerprint density at radius 1 is 1.00 bits per heavy atom. The van der Waals surface area contributed by atoms with Gasteiger partial charge in [-0.15, -0.1) is 11.3 Å². The average Bonchev–Trinajstić information content (AvgIpc) is 3.44. The van der Waals surface area contributed by atoms with Gasteiger partial charge in [-0.2, -0.15) is 0 Å². The zero-order valence-electron chi connectivity index (χ0n) is 23.4. The largest absolute Gasteiger partial charge is 0.319 e. The summed E-state index contributed by atoms with van der Waals surface area (Å²) >= 11 is 2.82. The highest BCUT2D eigenvalue weighted by atomic mass is 32.2. The summed E-state index contributed by atoms with van der Waals surface area (Å²) in [4.78, 5) is 47.9. The van der Waals surface area contributed by atoms with Crippen LogP contribution in [0.4, 0.5) is 5.69 Å². The number of fused-ring (bicyclic) bond motifs is 3. The number of thiophene rings is 1. The van der Waals surface area contributed by atoms with E-state index in [9.17, 15) is 14.4 Å². The Hall–Kier alpha value is -3.89. The van der Waals surface area contributed by atoms with Gasteiger partial charge in [0.15, 0.2) is 5.16 Å². The van der Waals surface area contributed by atoms with E-state index in [1.54, 1.807) is 41.5 Å². The molecule has 0 radical (unpaired) electrons. The summed E-state index contributed by atoms with van der Waals surface area (Å²) in [7, 11) is 1.79. The number of hydrogen-bond donors (Lipinski definition) is 1. The van der Waals surface area contributed by atoms with Crippen LogP contribution in [0.2, 0.25) is 0 Å². The van der Waals surface area contributed by atoms with E-state index in [1.807, 2.05) is 61.5 Å². The number of nitrogens with one attached hydrogen (secondary N) is 1. The van der Waals surface area contributed by atoms with E-state index in [1.165, 1.54) is 21.3 Å². The maximum absolute atomic E-state index is 14.1. The van der Waals surface area contributed by atoms with Crippen LogP contribution in [0.5, 0.6) is 0 Å². The minimum absolute atomic E-state index is 0.0940. The monoisotopic (exact) mass is 585 g/mol. The number of para-hydroxylation sites is 2. The zero-order chi connectivity index (χ0) is 28.8. The Bertz CT molecular complexity index is 1920. The fourth-order valence-corrected chi connectivity index (χ4v) is 7.66. The Morgan fingerprint density at radius 2 is 1.71 bits per heavy atom. The van der Waals surface area contributed by atoms with Gasteiger partial charge in [0.25, 0.3) is 11.1 Å². The molecule has 0 saturated carbocycles. The molecule has 0 aliphatic heterocycles. The fraction of sp³-hybridized carbons (Fsp3) is 0.290. The summed E-state index contributed by atoms with van der Waals surface area (Å²) in [5.41, 5.74) is 4.02. The highest BCUT2D eigenvalue weighted by Crippen LogP contribution is 2.36. The third-order valence-corrected chi connectivity index (χ3v) is 10.0. The molecule has 0 spiro atoms. The van der Waals surface area contributed by atoms with Gasteiger partial charge in [-0.1, -0.05) is 48.2 Å². The molecule has 1 amide bonds. The predicted molar refractivity (Wildman–Crippen MR) is 166 cm³/mol. The first-order valence-electron chi connectivity index (χ1n) is 13.7. The lowest BCUT2D eigenvalue weighted by Gasteiger charge is -2.17. The lowest BCUT2D eigenvalue weighted by molar-refractivity contribution is -0.115. The van der Waals surface area contributed by atoms with Crippen LogP contribution in [-0.2, 0) is 24.7 Å². The molecule has 1 aliphatic carbocycles. The van der Waals surface area contributed by atoms with Crippen LogP contribution >= 0.6 is 23.1 Å². The van der Waals surface area contributed by atoms with Crippen molar-refractivity contribution in [2.45, 2.75) is 56.9 Å². The van der Waals surface area contributed by atoms with Crippen LogP contribution in [0.25, 0.3) is 21.6 Å². The summed E-state index contributed by atoms with van der Waals surface area (Å²) in [5, 5.41) is 3.40. The Morgan fingerprint density at radius 3 is 2.46 bits per heavy atom. The van der Waals surface area contributed by atoms with Gasteiger partial charge in [-0.3, -0.25) is 23.6 Å². The molecule has 2 aromatic carbocycles. The summed E-state index contributed by atoms with van der Waals surface area (Å²) < 4.78 is 4.92. The van der Waals surface area contributed by atoms with E-state index in [0.717, 1.165) is 47.3 Å². The molecule has 5 aromatic rings. The molecule has 3 heterocycles. The summed E-state index contributed by atoms with van der Waals surface area (Å²) in [6, 6.07) is 17.0. The molecular weight excluding hydrogens is 555 g/mol. The molecule has 210 valence electrons. The number of nitrogens with zero attached hydrogens (tertiary/aromatic N) is 4. The Balaban J connectivity index is 1.38. The first-order chi connectivity index (χ1) is 19.8.